The highest BCUT2D eigenvalue weighted by Crippen LogP contribution is 2.30. The molecule has 1 aliphatic carbocycles. The summed E-state index contributed by atoms with van der Waals surface area (Å²) in [4.78, 5) is 16.4. The molecule has 0 bridgehead atoms. The Morgan fingerprint density at radius 3 is 2.52 bits per heavy atom. The predicted octanol–water partition coefficient (Wildman–Crippen LogP) is 2.53. The van der Waals surface area contributed by atoms with Crippen molar-refractivity contribution in [3.63, 3.8) is 0 Å². The van der Waals surface area contributed by atoms with Crippen LogP contribution in [0.4, 0.5) is 0 Å². The van der Waals surface area contributed by atoms with Crippen molar-refractivity contribution in [1.82, 2.24) is 9.80 Å². The van der Waals surface area contributed by atoms with Crippen molar-refractivity contribution in [2.45, 2.75) is 32.4 Å². The van der Waals surface area contributed by atoms with Gasteiger partial charge in [-0.15, -0.1) is 0 Å². The van der Waals surface area contributed by atoms with Crippen molar-refractivity contribution < 1.29 is 9.90 Å². The van der Waals surface area contributed by atoms with Gasteiger partial charge in [0.05, 0.1) is 5.56 Å². The number of aromatic hydroxyl groups is 1. The second-order valence-electron chi connectivity index (χ2n) is 6.06. The van der Waals surface area contributed by atoms with Gasteiger partial charge in [0.1, 0.15) is 5.75 Å². The average molecular weight is 309 g/mol. The lowest BCUT2D eigenvalue weighted by Gasteiger charge is -2.35. The summed E-state index contributed by atoms with van der Waals surface area (Å²) in [6.45, 7) is 6.27. The van der Waals surface area contributed by atoms with E-state index >= 15 is 0 Å². The highest BCUT2D eigenvalue weighted by Gasteiger charge is 2.31. The summed E-state index contributed by atoms with van der Waals surface area (Å²) in [6, 6.07) is 4.11. The molecule has 114 valence electrons. The standard InChI is InChI=1S/C16H21ClN2O2/c1-11(20)15-9-13(17)8-12(16(15)21)10-18-4-6-19(7-5-18)14-2-3-14/h8-9,14,21H,2-7,10H2,1H3. The number of nitrogens with zero attached hydrogens (tertiary/aromatic N) is 2. The van der Waals surface area contributed by atoms with Crippen LogP contribution >= 0.6 is 11.6 Å². The smallest absolute Gasteiger partial charge is 0.163 e. The number of hydrogen-bond acceptors (Lipinski definition) is 4. The third-order valence-corrected chi connectivity index (χ3v) is 4.62. The molecule has 2 aliphatic rings. The quantitative estimate of drug-likeness (QED) is 0.868. The topological polar surface area (TPSA) is 43.8 Å². The minimum atomic E-state index is -0.158. The second kappa shape index (κ2) is 5.95. The van der Waals surface area contributed by atoms with Gasteiger partial charge in [0.25, 0.3) is 0 Å². The van der Waals surface area contributed by atoms with Gasteiger partial charge in [-0.25, -0.2) is 0 Å². The molecule has 1 heterocycles. The Labute approximate surface area is 130 Å². The zero-order valence-corrected chi connectivity index (χ0v) is 13.1. The Hall–Kier alpha value is -1.10. The summed E-state index contributed by atoms with van der Waals surface area (Å²) in [7, 11) is 0. The highest BCUT2D eigenvalue weighted by molar-refractivity contribution is 6.31. The SMILES string of the molecule is CC(=O)c1cc(Cl)cc(CN2CCN(C3CC3)CC2)c1O. The summed E-state index contributed by atoms with van der Waals surface area (Å²) >= 11 is 6.07. The molecule has 0 aromatic heterocycles. The van der Waals surface area contributed by atoms with Crippen molar-refractivity contribution in [2.24, 2.45) is 0 Å². The lowest BCUT2D eigenvalue weighted by Crippen LogP contribution is -2.46. The first-order valence-corrected chi connectivity index (χ1v) is 7.91. The molecule has 1 N–H and O–H groups in total. The number of ketones is 1. The fraction of sp³-hybridized carbons (Fsp3) is 0.562. The second-order valence-corrected chi connectivity index (χ2v) is 6.50. The van der Waals surface area contributed by atoms with Gasteiger partial charge in [0, 0.05) is 49.4 Å². The first-order valence-electron chi connectivity index (χ1n) is 7.53. The van der Waals surface area contributed by atoms with E-state index in [2.05, 4.69) is 9.80 Å². The lowest BCUT2D eigenvalue weighted by molar-refractivity contribution is 0.101. The van der Waals surface area contributed by atoms with Gasteiger partial charge < -0.3 is 5.11 Å². The molecule has 5 heteroatoms. The zero-order valence-electron chi connectivity index (χ0n) is 12.3. The maximum atomic E-state index is 11.5. The summed E-state index contributed by atoms with van der Waals surface area (Å²) in [5.41, 5.74) is 1.06. The molecule has 0 atom stereocenters. The van der Waals surface area contributed by atoms with Crippen LogP contribution in [0.15, 0.2) is 12.1 Å². The van der Waals surface area contributed by atoms with E-state index in [-0.39, 0.29) is 11.5 Å². The summed E-state index contributed by atoms with van der Waals surface area (Å²) < 4.78 is 0. The molecular formula is C16H21ClN2O2. The number of rotatable bonds is 4. The van der Waals surface area contributed by atoms with Gasteiger partial charge in [-0.2, -0.15) is 0 Å². The number of phenols is 1. The first kappa shape index (κ1) is 14.8. The molecule has 1 saturated heterocycles. The molecule has 1 aliphatic heterocycles. The number of halogens is 1. The molecule has 0 unspecified atom stereocenters. The monoisotopic (exact) mass is 308 g/mol. The van der Waals surface area contributed by atoms with E-state index in [1.54, 1.807) is 6.07 Å². The van der Waals surface area contributed by atoms with E-state index in [1.807, 2.05) is 0 Å². The molecule has 0 spiro atoms. The molecule has 1 saturated carbocycles. The van der Waals surface area contributed by atoms with Crippen LogP contribution in [0.5, 0.6) is 5.75 Å². The first-order chi connectivity index (χ1) is 10.0. The number of hydrogen-bond donors (Lipinski definition) is 1. The van der Waals surface area contributed by atoms with Gasteiger partial charge >= 0.3 is 0 Å². The molecule has 3 rings (SSSR count). The number of piperazine rings is 1. The number of Topliss-reactive ketones (excluding diaryl/α,β-unsaturated/α-hetero) is 1. The Balaban J connectivity index is 1.68. The van der Waals surface area contributed by atoms with Crippen molar-refractivity contribution in [1.29, 1.82) is 0 Å². The van der Waals surface area contributed by atoms with Gasteiger partial charge in [-0.05, 0) is 31.9 Å². The Kier molecular flexibility index (Phi) is 4.20. The Morgan fingerprint density at radius 1 is 1.29 bits per heavy atom. The van der Waals surface area contributed by atoms with Gasteiger partial charge in [0.15, 0.2) is 5.78 Å². The van der Waals surface area contributed by atoms with E-state index in [9.17, 15) is 9.90 Å². The molecule has 21 heavy (non-hydrogen) atoms. The predicted molar refractivity (Wildman–Crippen MR) is 83.0 cm³/mol. The normalized spacial score (nSPS) is 20.7. The maximum Gasteiger partial charge on any atom is 0.163 e. The molecule has 2 fully saturated rings. The molecule has 1 aromatic carbocycles. The van der Waals surface area contributed by atoms with E-state index in [0.717, 1.165) is 37.8 Å². The third-order valence-electron chi connectivity index (χ3n) is 4.40. The lowest BCUT2D eigenvalue weighted by atomic mass is 10.0. The Morgan fingerprint density at radius 2 is 1.95 bits per heavy atom. The summed E-state index contributed by atoms with van der Waals surface area (Å²) in [5, 5.41) is 10.8. The van der Waals surface area contributed by atoms with Gasteiger partial charge in [-0.3, -0.25) is 14.6 Å². The molecule has 0 radical (unpaired) electrons. The molecule has 1 aromatic rings. The van der Waals surface area contributed by atoms with Crippen LogP contribution in [-0.4, -0.2) is 52.9 Å². The van der Waals surface area contributed by atoms with Crippen molar-refractivity contribution in [2.75, 3.05) is 26.2 Å². The van der Waals surface area contributed by atoms with Crippen LogP contribution in [0.1, 0.15) is 35.7 Å². The average Bonchev–Trinajstić information content (AvgIpc) is 3.27. The van der Waals surface area contributed by atoms with Crippen LogP contribution in [-0.2, 0) is 6.54 Å². The van der Waals surface area contributed by atoms with E-state index in [1.165, 1.54) is 25.8 Å². The third kappa shape index (κ3) is 3.39. The molecular weight excluding hydrogens is 288 g/mol. The van der Waals surface area contributed by atoms with E-state index in [4.69, 9.17) is 11.6 Å². The molecule has 4 nitrogen and oxygen atoms in total. The van der Waals surface area contributed by atoms with E-state index in [0.29, 0.717) is 17.1 Å². The van der Waals surface area contributed by atoms with Crippen molar-refractivity contribution >= 4 is 17.4 Å². The van der Waals surface area contributed by atoms with Crippen LogP contribution in [0.2, 0.25) is 5.02 Å². The minimum absolute atomic E-state index is 0.0801. The van der Waals surface area contributed by atoms with Crippen LogP contribution in [0.3, 0.4) is 0 Å². The minimum Gasteiger partial charge on any atom is -0.507 e. The van der Waals surface area contributed by atoms with Gasteiger partial charge in [-0.1, -0.05) is 11.6 Å². The maximum absolute atomic E-state index is 11.5. The number of phenolic OH excluding ortho intramolecular Hbond substituents is 1. The van der Waals surface area contributed by atoms with Crippen LogP contribution in [0.25, 0.3) is 0 Å². The molecule has 0 amide bonds. The van der Waals surface area contributed by atoms with Crippen LogP contribution in [0, 0.1) is 0 Å². The van der Waals surface area contributed by atoms with Gasteiger partial charge in [0.2, 0.25) is 0 Å². The number of carbonyl (C=O) groups excluding carboxylic acids is 1. The largest absolute Gasteiger partial charge is 0.507 e. The highest BCUT2D eigenvalue weighted by atomic mass is 35.5. The van der Waals surface area contributed by atoms with E-state index < -0.39 is 0 Å². The fourth-order valence-electron chi connectivity index (χ4n) is 3.01. The van der Waals surface area contributed by atoms with Crippen molar-refractivity contribution in [3.8, 4) is 5.75 Å². The Bertz CT molecular complexity index is 549. The number of benzene rings is 1. The number of carbonyl (C=O) groups is 1. The summed E-state index contributed by atoms with van der Waals surface area (Å²) in [5.74, 6) is -0.0775. The summed E-state index contributed by atoms with van der Waals surface area (Å²) in [6.07, 6.45) is 2.69. The fourth-order valence-corrected chi connectivity index (χ4v) is 3.25. The van der Waals surface area contributed by atoms with Crippen LogP contribution < -0.4 is 0 Å². The zero-order chi connectivity index (χ0) is 15.0. The van der Waals surface area contributed by atoms with Crippen molar-refractivity contribution in [3.05, 3.63) is 28.3 Å².